The SMILES string of the molecule is C=C(C)[C@H]1CC=C(C)C(C[C@H](CCOC(=O)C(C)(C)C)C(C)=O)C1. The average molecular weight is 335 g/mol. The fraction of sp³-hybridized carbons (Fsp3) is 0.714. The topological polar surface area (TPSA) is 43.4 Å². The predicted molar refractivity (Wildman–Crippen MR) is 98.6 cm³/mol. The van der Waals surface area contributed by atoms with Crippen LogP contribution in [0, 0.1) is 23.2 Å². The van der Waals surface area contributed by atoms with Crippen LogP contribution in [0.2, 0.25) is 0 Å². The van der Waals surface area contributed by atoms with Gasteiger partial charge in [0.05, 0.1) is 12.0 Å². The second-order valence-electron chi connectivity index (χ2n) is 8.38. The van der Waals surface area contributed by atoms with Crippen LogP contribution in [0.4, 0.5) is 0 Å². The maximum atomic E-state index is 12.0. The monoisotopic (exact) mass is 334 g/mol. The van der Waals surface area contributed by atoms with Crippen molar-refractivity contribution in [2.24, 2.45) is 23.2 Å². The molecule has 0 aromatic heterocycles. The Hall–Kier alpha value is -1.38. The largest absolute Gasteiger partial charge is 0.465 e. The van der Waals surface area contributed by atoms with Gasteiger partial charge in [-0.1, -0.05) is 23.8 Å². The summed E-state index contributed by atoms with van der Waals surface area (Å²) in [6, 6.07) is 0. The highest BCUT2D eigenvalue weighted by Gasteiger charge is 2.28. The Balaban J connectivity index is 2.61. The van der Waals surface area contributed by atoms with Crippen LogP contribution in [0.5, 0.6) is 0 Å². The van der Waals surface area contributed by atoms with E-state index >= 15 is 0 Å². The summed E-state index contributed by atoms with van der Waals surface area (Å²) in [7, 11) is 0. The fourth-order valence-electron chi connectivity index (χ4n) is 3.15. The number of carbonyl (C=O) groups excluding carboxylic acids is 2. The molecule has 3 nitrogen and oxygen atoms in total. The van der Waals surface area contributed by atoms with Crippen molar-refractivity contribution in [1.82, 2.24) is 0 Å². The first-order chi connectivity index (χ1) is 11.0. The molecule has 0 amide bonds. The van der Waals surface area contributed by atoms with Crippen LogP contribution in [0.25, 0.3) is 0 Å². The first-order valence-corrected chi connectivity index (χ1v) is 9.02. The fourth-order valence-corrected chi connectivity index (χ4v) is 3.15. The molecule has 1 unspecified atom stereocenters. The molecule has 3 atom stereocenters. The lowest BCUT2D eigenvalue weighted by atomic mass is 9.74. The summed E-state index contributed by atoms with van der Waals surface area (Å²) >= 11 is 0. The molecule has 0 saturated carbocycles. The molecule has 0 aromatic rings. The minimum atomic E-state index is -0.497. The molecule has 3 heteroatoms. The molecule has 0 radical (unpaired) electrons. The Morgan fingerprint density at radius 1 is 1.33 bits per heavy atom. The maximum Gasteiger partial charge on any atom is 0.311 e. The molecule has 0 aromatic carbocycles. The summed E-state index contributed by atoms with van der Waals surface area (Å²) in [5.41, 5.74) is 2.11. The summed E-state index contributed by atoms with van der Waals surface area (Å²) in [6.07, 6.45) is 5.88. The van der Waals surface area contributed by atoms with Crippen molar-refractivity contribution in [3.8, 4) is 0 Å². The quantitative estimate of drug-likeness (QED) is 0.480. The van der Waals surface area contributed by atoms with Gasteiger partial charge in [-0.15, -0.1) is 0 Å². The Morgan fingerprint density at radius 2 is 1.96 bits per heavy atom. The van der Waals surface area contributed by atoms with Gasteiger partial charge in [-0.05, 0) is 79.1 Å². The first kappa shape index (κ1) is 20.7. The zero-order valence-electron chi connectivity index (χ0n) is 16.3. The Kier molecular flexibility index (Phi) is 7.44. The smallest absolute Gasteiger partial charge is 0.311 e. The highest BCUT2D eigenvalue weighted by molar-refractivity contribution is 5.78. The first-order valence-electron chi connectivity index (χ1n) is 9.02. The van der Waals surface area contributed by atoms with Crippen molar-refractivity contribution in [1.29, 1.82) is 0 Å². The van der Waals surface area contributed by atoms with Crippen LogP contribution in [0.15, 0.2) is 23.8 Å². The van der Waals surface area contributed by atoms with E-state index in [1.807, 2.05) is 20.8 Å². The third kappa shape index (κ3) is 6.26. The molecule has 0 saturated heterocycles. The Labute approximate surface area is 147 Å². The molecule has 136 valence electrons. The molecule has 0 fully saturated rings. The molecule has 0 heterocycles. The average Bonchev–Trinajstić information content (AvgIpc) is 2.46. The number of carbonyl (C=O) groups is 2. The zero-order valence-corrected chi connectivity index (χ0v) is 16.3. The van der Waals surface area contributed by atoms with Crippen LogP contribution in [-0.2, 0) is 14.3 Å². The number of rotatable bonds is 7. The number of ether oxygens (including phenoxy) is 1. The summed E-state index contributed by atoms with van der Waals surface area (Å²) in [5.74, 6) is 0.876. The van der Waals surface area contributed by atoms with Gasteiger partial charge in [0.25, 0.3) is 0 Å². The van der Waals surface area contributed by atoms with Gasteiger partial charge >= 0.3 is 5.97 Å². The normalized spacial score (nSPS) is 22.5. The zero-order chi connectivity index (χ0) is 18.5. The molecule has 0 aliphatic heterocycles. The van der Waals surface area contributed by atoms with Gasteiger partial charge in [-0.3, -0.25) is 9.59 Å². The van der Waals surface area contributed by atoms with Crippen LogP contribution in [0.1, 0.15) is 67.2 Å². The van der Waals surface area contributed by atoms with Crippen LogP contribution in [0.3, 0.4) is 0 Å². The standard InChI is InChI=1S/C21H34O3/c1-14(2)17-9-8-15(3)19(12-17)13-18(16(4)22)10-11-24-20(23)21(5,6)7/h8,17-19H,1,9-13H2,2-7H3/t17-,18-,19?/m0/s1. The number of allylic oxidation sites excluding steroid dienone is 3. The van der Waals surface area contributed by atoms with Gasteiger partial charge in [0.2, 0.25) is 0 Å². The number of hydrogen-bond donors (Lipinski definition) is 0. The van der Waals surface area contributed by atoms with E-state index in [4.69, 9.17) is 4.74 Å². The Bertz CT molecular complexity index is 508. The number of ketones is 1. The third-order valence-electron chi connectivity index (χ3n) is 5.09. The molecular weight excluding hydrogens is 300 g/mol. The van der Waals surface area contributed by atoms with Gasteiger partial charge in [0, 0.05) is 5.92 Å². The molecule has 0 N–H and O–H groups in total. The summed E-state index contributed by atoms with van der Waals surface area (Å²) in [6.45, 7) is 15.8. The third-order valence-corrected chi connectivity index (χ3v) is 5.09. The molecular formula is C21H34O3. The van der Waals surface area contributed by atoms with E-state index in [0.29, 0.717) is 24.9 Å². The predicted octanol–water partition coefficient (Wildman–Crippen LogP) is 5.11. The molecule has 0 bridgehead atoms. The minimum absolute atomic E-state index is 0.0463. The molecule has 1 aliphatic rings. The van der Waals surface area contributed by atoms with E-state index < -0.39 is 5.41 Å². The van der Waals surface area contributed by atoms with Crippen molar-refractivity contribution < 1.29 is 14.3 Å². The highest BCUT2D eigenvalue weighted by Crippen LogP contribution is 2.37. The van der Waals surface area contributed by atoms with Crippen molar-refractivity contribution in [3.63, 3.8) is 0 Å². The van der Waals surface area contributed by atoms with Gasteiger partial charge in [0.15, 0.2) is 0 Å². The lowest BCUT2D eigenvalue weighted by molar-refractivity contribution is -0.153. The molecule has 24 heavy (non-hydrogen) atoms. The van der Waals surface area contributed by atoms with E-state index in [9.17, 15) is 9.59 Å². The van der Waals surface area contributed by atoms with Crippen LogP contribution >= 0.6 is 0 Å². The highest BCUT2D eigenvalue weighted by atomic mass is 16.5. The lowest BCUT2D eigenvalue weighted by Gasteiger charge is -2.31. The number of hydrogen-bond acceptors (Lipinski definition) is 3. The lowest BCUT2D eigenvalue weighted by Crippen LogP contribution is -2.26. The second-order valence-corrected chi connectivity index (χ2v) is 8.38. The van der Waals surface area contributed by atoms with E-state index in [-0.39, 0.29) is 17.7 Å². The van der Waals surface area contributed by atoms with Crippen molar-refractivity contribution in [3.05, 3.63) is 23.8 Å². The second kappa shape index (κ2) is 8.64. The number of esters is 1. The van der Waals surface area contributed by atoms with Crippen molar-refractivity contribution in [2.45, 2.75) is 67.2 Å². The molecule has 1 rings (SSSR count). The minimum Gasteiger partial charge on any atom is -0.465 e. The van der Waals surface area contributed by atoms with Crippen LogP contribution in [-0.4, -0.2) is 18.4 Å². The van der Waals surface area contributed by atoms with E-state index in [1.54, 1.807) is 6.92 Å². The van der Waals surface area contributed by atoms with Gasteiger partial charge in [-0.25, -0.2) is 0 Å². The van der Waals surface area contributed by atoms with E-state index in [1.165, 1.54) is 11.1 Å². The maximum absolute atomic E-state index is 12.0. The molecule has 1 aliphatic carbocycles. The van der Waals surface area contributed by atoms with E-state index in [2.05, 4.69) is 26.5 Å². The summed E-state index contributed by atoms with van der Waals surface area (Å²) in [5, 5.41) is 0. The molecule has 0 spiro atoms. The van der Waals surface area contributed by atoms with Gasteiger partial charge in [-0.2, -0.15) is 0 Å². The van der Waals surface area contributed by atoms with Crippen LogP contribution < -0.4 is 0 Å². The Morgan fingerprint density at radius 3 is 2.46 bits per heavy atom. The van der Waals surface area contributed by atoms with Gasteiger partial charge < -0.3 is 4.74 Å². The van der Waals surface area contributed by atoms with Crippen molar-refractivity contribution in [2.75, 3.05) is 6.61 Å². The summed E-state index contributed by atoms with van der Waals surface area (Å²) in [4.78, 5) is 23.9. The summed E-state index contributed by atoms with van der Waals surface area (Å²) < 4.78 is 5.34. The number of Topliss-reactive ketones (excluding diaryl/α,β-unsaturated/α-hetero) is 1. The van der Waals surface area contributed by atoms with Gasteiger partial charge in [0.1, 0.15) is 5.78 Å². The van der Waals surface area contributed by atoms with Crippen molar-refractivity contribution >= 4 is 11.8 Å². The van der Waals surface area contributed by atoms with E-state index in [0.717, 1.165) is 19.3 Å².